The van der Waals surface area contributed by atoms with E-state index in [0.29, 0.717) is 0 Å². The third kappa shape index (κ3) is 7.15. The molecule has 0 saturated heterocycles. The van der Waals surface area contributed by atoms with E-state index in [1.165, 1.54) is 37.9 Å². The van der Waals surface area contributed by atoms with Gasteiger partial charge in [-0.2, -0.15) is 11.8 Å². The second-order valence-electron chi connectivity index (χ2n) is 5.68. The normalized spacial score (nSPS) is 25.1. The van der Waals surface area contributed by atoms with Crippen LogP contribution in [0.25, 0.3) is 0 Å². The van der Waals surface area contributed by atoms with Crippen molar-refractivity contribution in [2.24, 2.45) is 11.8 Å². The van der Waals surface area contributed by atoms with Crippen LogP contribution in [0.4, 0.5) is 0 Å². The van der Waals surface area contributed by atoms with Crippen molar-refractivity contribution < 1.29 is 0 Å². The maximum absolute atomic E-state index is 3.74. The fraction of sp³-hybridized carbons (Fsp3) is 0.867. The van der Waals surface area contributed by atoms with Gasteiger partial charge in [0.05, 0.1) is 0 Å². The van der Waals surface area contributed by atoms with Gasteiger partial charge in [-0.15, -0.1) is 6.58 Å². The standard InChI is InChI=1S/C15H29NS/c1-4-9-17-10-8-16-15-7-5-6-14(12-15)11-13(2)3/h4,13-16H,1,5-12H2,2-3H3. The van der Waals surface area contributed by atoms with Crippen molar-refractivity contribution in [2.45, 2.75) is 52.0 Å². The van der Waals surface area contributed by atoms with Crippen LogP contribution in [-0.4, -0.2) is 24.1 Å². The fourth-order valence-electron chi connectivity index (χ4n) is 2.86. The van der Waals surface area contributed by atoms with E-state index >= 15 is 0 Å². The first-order chi connectivity index (χ1) is 8.22. The van der Waals surface area contributed by atoms with Crippen molar-refractivity contribution in [1.82, 2.24) is 5.32 Å². The Labute approximate surface area is 112 Å². The molecule has 0 bridgehead atoms. The van der Waals surface area contributed by atoms with E-state index < -0.39 is 0 Å². The molecule has 1 nitrogen and oxygen atoms in total. The molecule has 1 N–H and O–H groups in total. The number of hydrogen-bond donors (Lipinski definition) is 1. The topological polar surface area (TPSA) is 12.0 Å². The van der Waals surface area contributed by atoms with Crippen LogP contribution < -0.4 is 5.32 Å². The molecule has 0 spiro atoms. The van der Waals surface area contributed by atoms with Crippen molar-refractivity contribution in [3.63, 3.8) is 0 Å². The van der Waals surface area contributed by atoms with Crippen LogP contribution in [0.3, 0.4) is 0 Å². The van der Waals surface area contributed by atoms with Gasteiger partial charge in [-0.25, -0.2) is 0 Å². The molecule has 100 valence electrons. The minimum Gasteiger partial charge on any atom is -0.313 e. The van der Waals surface area contributed by atoms with Gasteiger partial charge in [0.15, 0.2) is 0 Å². The van der Waals surface area contributed by atoms with Crippen molar-refractivity contribution in [2.75, 3.05) is 18.1 Å². The maximum Gasteiger partial charge on any atom is 0.0111 e. The Kier molecular flexibility index (Phi) is 8.04. The van der Waals surface area contributed by atoms with Crippen LogP contribution in [0.15, 0.2) is 12.7 Å². The summed E-state index contributed by atoms with van der Waals surface area (Å²) in [4.78, 5) is 0. The molecule has 1 fully saturated rings. The van der Waals surface area contributed by atoms with Gasteiger partial charge in [0.25, 0.3) is 0 Å². The molecular weight excluding hydrogens is 226 g/mol. The first-order valence-electron chi connectivity index (χ1n) is 7.14. The average molecular weight is 255 g/mol. The number of hydrogen-bond acceptors (Lipinski definition) is 2. The summed E-state index contributed by atoms with van der Waals surface area (Å²) >= 11 is 1.97. The minimum absolute atomic E-state index is 0.789. The Morgan fingerprint density at radius 1 is 1.41 bits per heavy atom. The fourth-order valence-corrected chi connectivity index (χ4v) is 3.45. The van der Waals surface area contributed by atoms with E-state index in [1.807, 2.05) is 17.8 Å². The zero-order valence-electron chi connectivity index (χ0n) is 11.6. The number of nitrogens with one attached hydrogen (secondary N) is 1. The Balaban J connectivity index is 2.09. The van der Waals surface area contributed by atoms with Crippen LogP contribution in [-0.2, 0) is 0 Å². The molecule has 0 aromatic heterocycles. The van der Waals surface area contributed by atoms with Gasteiger partial charge in [0.2, 0.25) is 0 Å². The predicted molar refractivity (Wildman–Crippen MR) is 80.7 cm³/mol. The summed E-state index contributed by atoms with van der Waals surface area (Å²) in [5.74, 6) is 4.14. The summed E-state index contributed by atoms with van der Waals surface area (Å²) in [7, 11) is 0. The molecule has 0 aliphatic heterocycles. The zero-order chi connectivity index (χ0) is 12.5. The molecule has 2 heteroatoms. The Morgan fingerprint density at radius 2 is 2.24 bits per heavy atom. The van der Waals surface area contributed by atoms with Crippen LogP contribution in [0.5, 0.6) is 0 Å². The largest absolute Gasteiger partial charge is 0.313 e. The zero-order valence-corrected chi connectivity index (χ0v) is 12.4. The Hall–Kier alpha value is 0.0500. The molecule has 0 amide bonds. The van der Waals surface area contributed by atoms with Crippen LogP contribution in [0.2, 0.25) is 0 Å². The molecule has 0 radical (unpaired) electrons. The van der Waals surface area contributed by atoms with Crippen LogP contribution in [0.1, 0.15) is 46.0 Å². The summed E-state index contributed by atoms with van der Waals surface area (Å²) in [5, 5.41) is 3.73. The molecule has 0 aromatic rings. The molecule has 1 rings (SSSR count). The molecule has 2 unspecified atom stereocenters. The molecule has 0 heterocycles. The molecular formula is C15H29NS. The first kappa shape index (κ1) is 15.1. The van der Waals surface area contributed by atoms with E-state index in [-0.39, 0.29) is 0 Å². The Morgan fingerprint density at radius 3 is 2.94 bits per heavy atom. The van der Waals surface area contributed by atoms with Crippen molar-refractivity contribution in [1.29, 1.82) is 0 Å². The van der Waals surface area contributed by atoms with Crippen molar-refractivity contribution in [3.05, 3.63) is 12.7 Å². The number of rotatable bonds is 8. The summed E-state index contributed by atoms with van der Waals surface area (Å²) in [6.45, 7) is 9.61. The van der Waals surface area contributed by atoms with E-state index in [0.717, 1.165) is 30.2 Å². The summed E-state index contributed by atoms with van der Waals surface area (Å²) in [6, 6.07) is 0.789. The summed E-state index contributed by atoms with van der Waals surface area (Å²) in [5.41, 5.74) is 0. The van der Waals surface area contributed by atoms with E-state index in [1.54, 1.807) is 0 Å². The smallest absolute Gasteiger partial charge is 0.0111 e. The minimum atomic E-state index is 0.789. The maximum atomic E-state index is 3.74. The monoisotopic (exact) mass is 255 g/mol. The molecule has 17 heavy (non-hydrogen) atoms. The first-order valence-corrected chi connectivity index (χ1v) is 8.29. The lowest BCUT2D eigenvalue weighted by molar-refractivity contribution is 0.255. The third-order valence-corrected chi connectivity index (χ3v) is 4.47. The van der Waals surface area contributed by atoms with Crippen molar-refractivity contribution >= 4 is 11.8 Å². The lowest BCUT2D eigenvalue weighted by Gasteiger charge is -2.30. The Bertz CT molecular complexity index is 203. The van der Waals surface area contributed by atoms with E-state index in [4.69, 9.17) is 0 Å². The summed E-state index contributed by atoms with van der Waals surface area (Å²) < 4.78 is 0. The predicted octanol–water partition coefficient (Wildman–Crippen LogP) is 4.10. The molecule has 1 saturated carbocycles. The highest BCUT2D eigenvalue weighted by Gasteiger charge is 2.21. The van der Waals surface area contributed by atoms with Gasteiger partial charge in [0.1, 0.15) is 0 Å². The summed E-state index contributed by atoms with van der Waals surface area (Å²) in [6.07, 6.45) is 9.09. The van der Waals surface area contributed by atoms with Gasteiger partial charge in [-0.1, -0.05) is 32.8 Å². The van der Waals surface area contributed by atoms with Crippen molar-refractivity contribution in [3.8, 4) is 0 Å². The van der Waals surface area contributed by atoms with Crippen LogP contribution in [0, 0.1) is 11.8 Å². The number of thioether (sulfide) groups is 1. The second-order valence-corrected chi connectivity index (χ2v) is 6.83. The van der Waals surface area contributed by atoms with Gasteiger partial charge in [-0.05, 0) is 31.1 Å². The average Bonchev–Trinajstić information content (AvgIpc) is 2.28. The third-order valence-electron chi connectivity index (χ3n) is 3.50. The van der Waals surface area contributed by atoms with Gasteiger partial charge < -0.3 is 5.32 Å². The van der Waals surface area contributed by atoms with Gasteiger partial charge in [-0.3, -0.25) is 0 Å². The van der Waals surface area contributed by atoms with Gasteiger partial charge in [0, 0.05) is 24.1 Å². The highest BCUT2D eigenvalue weighted by Crippen LogP contribution is 2.29. The highest BCUT2D eigenvalue weighted by atomic mass is 32.2. The molecule has 0 aromatic carbocycles. The quantitative estimate of drug-likeness (QED) is 0.518. The lowest BCUT2D eigenvalue weighted by Crippen LogP contribution is -2.35. The molecule has 1 aliphatic rings. The molecule has 1 aliphatic carbocycles. The second kappa shape index (κ2) is 9.04. The lowest BCUT2D eigenvalue weighted by atomic mass is 9.81. The SMILES string of the molecule is C=CCSCCNC1CCCC(CC(C)C)C1. The highest BCUT2D eigenvalue weighted by molar-refractivity contribution is 7.99. The van der Waals surface area contributed by atoms with E-state index in [2.05, 4.69) is 25.7 Å². The van der Waals surface area contributed by atoms with Crippen LogP contribution >= 0.6 is 11.8 Å². The molecule has 2 atom stereocenters. The van der Waals surface area contributed by atoms with Gasteiger partial charge >= 0.3 is 0 Å². The van der Waals surface area contributed by atoms with E-state index in [9.17, 15) is 0 Å².